The Hall–Kier alpha value is -0.890. The number of hydrogen-bond donors (Lipinski definition) is 0. The van der Waals surface area contributed by atoms with E-state index in [2.05, 4.69) is 15.9 Å². The normalized spacial score (nSPS) is 10.7. The van der Waals surface area contributed by atoms with Crippen molar-refractivity contribution in [1.29, 1.82) is 0 Å². The lowest BCUT2D eigenvalue weighted by Gasteiger charge is -2.01. The van der Waals surface area contributed by atoms with Crippen molar-refractivity contribution >= 4 is 27.8 Å². The van der Waals surface area contributed by atoms with Crippen molar-refractivity contribution in [2.24, 2.45) is 0 Å². The zero-order valence-electron chi connectivity index (χ0n) is 7.67. The molecule has 68 valence electrons. The molecule has 0 aliphatic heterocycles. The second-order valence-electron chi connectivity index (χ2n) is 2.91. The first-order valence-corrected chi connectivity index (χ1v) is 4.84. The van der Waals surface area contributed by atoms with E-state index >= 15 is 0 Å². The molecule has 0 aliphatic rings. The summed E-state index contributed by atoms with van der Waals surface area (Å²) < 4.78 is 1.02. The van der Waals surface area contributed by atoms with E-state index in [1.54, 1.807) is 13.0 Å². The summed E-state index contributed by atoms with van der Waals surface area (Å²) in [5.74, 6) is 0.0650. The van der Waals surface area contributed by atoms with Crippen molar-refractivity contribution in [3.63, 3.8) is 0 Å². The summed E-state index contributed by atoms with van der Waals surface area (Å²) in [5, 5.41) is 0. The average molecular weight is 239 g/mol. The number of halogens is 1. The zero-order valence-corrected chi connectivity index (χ0v) is 9.26. The monoisotopic (exact) mass is 238 g/mol. The summed E-state index contributed by atoms with van der Waals surface area (Å²) in [6.07, 6.45) is 3.41. The highest BCUT2D eigenvalue weighted by atomic mass is 79.9. The third-order valence-electron chi connectivity index (χ3n) is 1.76. The number of benzene rings is 1. The molecular formula is C11H11BrO. The minimum absolute atomic E-state index is 0.0650. The van der Waals surface area contributed by atoms with Crippen molar-refractivity contribution in [2.45, 2.75) is 13.8 Å². The minimum Gasteiger partial charge on any atom is -0.295 e. The lowest BCUT2D eigenvalue weighted by Crippen LogP contribution is -1.84. The van der Waals surface area contributed by atoms with Crippen molar-refractivity contribution in [1.82, 2.24) is 0 Å². The third kappa shape index (κ3) is 2.81. The van der Waals surface area contributed by atoms with Gasteiger partial charge in [-0.25, -0.2) is 0 Å². The van der Waals surface area contributed by atoms with Crippen LogP contribution in [0.15, 0.2) is 28.7 Å². The van der Waals surface area contributed by atoms with E-state index in [0.29, 0.717) is 0 Å². The van der Waals surface area contributed by atoms with Gasteiger partial charge in [0.25, 0.3) is 0 Å². The summed E-state index contributed by atoms with van der Waals surface area (Å²) in [5.41, 5.74) is 2.23. The Balaban J connectivity index is 3.06. The largest absolute Gasteiger partial charge is 0.295 e. The number of carbonyl (C=O) groups is 1. The average Bonchev–Trinajstić information content (AvgIpc) is 2.03. The predicted molar refractivity (Wildman–Crippen MR) is 58.6 cm³/mol. The Kier molecular flexibility index (Phi) is 3.43. The number of allylic oxidation sites excluding steroid dienone is 1. The summed E-state index contributed by atoms with van der Waals surface area (Å²) >= 11 is 3.43. The molecule has 1 aromatic carbocycles. The Morgan fingerprint density at radius 2 is 2.15 bits per heavy atom. The molecule has 0 atom stereocenters. The molecule has 0 bridgehead atoms. The molecule has 0 aromatic heterocycles. The fourth-order valence-corrected chi connectivity index (χ4v) is 1.65. The molecule has 0 unspecified atom stereocenters. The number of rotatable bonds is 2. The van der Waals surface area contributed by atoms with E-state index in [0.717, 1.165) is 15.6 Å². The predicted octanol–water partition coefficient (Wildman–Crippen LogP) is 3.36. The topological polar surface area (TPSA) is 17.1 Å². The van der Waals surface area contributed by atoms with Gasteiger partial charge in [0.15, 0.2) is 5.78 Å². The van der Waals surface area contributed by atoms with Gasteiger partial charge >= 0.3 is 0 Å². The smallest absolute Gasteiger partial charge is 0.152 e. The summed E-state index contributed by atoms with van der Waals surface area (Å²) in [4.78, 5) is 10.7. The molecule has 1 nitrogen and oxygen atoms in total. The summed E-state index contributed by atoms with van der Waals surface area (Å²) in [6, 6.07) is 5.96. The molecule has 0 aliphatic carbocycles. The van der Waals surface area contributed by atoms with Gasteiger partial charge in [-0.2, -0.15) is 0 Å². The molecule has 1 rings (SSSR count). The molecule has 0 radical (unpaired) electrons. The van der Waals surface area contributed by atoms with E-state index in [9.17, 15) is 4.79 Å². The van der Waals surface area contributed by atoms with E-state index in [1.807, 2.05) is 31.2 Å². The lowest BCUT2D eigenvalue weighted by molar-refractivity contribution is -0.112. The van der Waals surface area contributed by atoms with Crippen LogP contribution in [0.5, 0.6) is 0 Å². The van der Waals surface area contributed by atoms with E-state index in [1.165, 1.54) is 0 Å². The van der Waals surface area contributed by atoms with Gasteiger partial charge in [-0.05, 0) is 37.1 Å². The molecule has 0 heterocycles. The van der Waals surface area contributed by atoms with Crippen LogP contribution in [0.4, 0.5) is 0 Å². The van der Waals surface area contributed by atoms with E-state index in [-0.39, 0.29) is 5.78 Å². The molecule has 2 heteroatoms. The first kappa shape index (κ1) is 10.2. The van der Waals surface area contributed by atoms with E-state index < -0.39 is 0 Å². The van der Waals surface area contributed by atoms with Crippen molar-refractivity contribution in [2.75, 3.05) is 0 Å². The highest BCUT2D eigenvalue weighted by Gasteiger charge is 1.98. The Labute approximate surface area is 86.6 Å². The highest BCUT2D eigenvalue weighted by Crippen LogP contribution is 2.21. The van der Waals surface area contributed by atoms with Crippen LogP contribution >= 0.6 is 15.9 Å². The van der Waals surface area contributed by atoms with Crippen LogP contribution in [0.2, 0.25) is 0 Å². The molecule has 0 N–H and O–H groups in total. The molecule has 1 aromatic rings. The van der Waals surface area contributed by atoms with Crippen LogP contribution in [0.3, 0.4) is 0 Å². The number of aryl methyl sites for hydroxylation is 1. The van der Waals surface area contributed by atoms with Crippen LogP contribution < -0.4 is 0 Å². The fraction of sp³-hybridized carbons (Fsp3) is 0.182. The van der Waals surface area contributed by atoms with Gasteiger partial charge in [-0.1, -0.05) is 34.1 Å². The standard InChI is InChI=1S/C11H11BrO/c1-8-4-3-5-11(12)10(8)7-6-9(2)13/h3-7H,1-2H3/b7-6+. The van der Waals surface area contributed by atoms with Crippen LogP contribution in [-0.2, 0) is 4.79 Å². The minimum atomic E-state index is 0.0650. The quantitative estimate of drug-likeness (QED) is 0.723. The Morgan fingerprint density at radius 3 is 2.69 bits per heavy atom. The molecular weight excluding hydrogens is 228 g/mol. The fourth-order valence-electron chi connectivity index (χ4n) is 1.06. The zero-order chi connectivity index (χ0) is 9.84. The van der Waals surface area contributed by atoms with Gasteiger partial charge in [0, 0.05) is 4.47 Å². The lowest BCUT2D eigenvalue weighted by atomic mass is 10.1. The molecule has 0 amide bonds. The van der Waals surface area contributed by atoms with Crippen LogP contribution in [0.1, 0.15) is 18.1 Å². The molecule has 0 saturated heterocycles. The second kappa shape index (κ2) is 4.38. The van der Waals surface area contributed by atoms with Crippen molar-refractivity contribution in [3.8, 4) is 0 Å². The van der Waals surface area contributed by atoms with Crippen LogP contribution in [0, 0.1) is 6.92 Å². The SMILES string of the molecule is CC(=O)/C=C/c1c(C)cccc1Br. The van der Waals surface area contributed by atoms with Gasteiger partial charge < -0.3 is 0 Å². The van der Waals surface area contributed by atoms with Crippen LogP contribution in [-0.4, -0.2) is 5.78 Å². The molecule has 13 heavy (non-hydrogen) atoms. The van der Waals surface area contributed by atoms with Gasteiger partial charge in [0.05, 0.1) is 0 Å². The number of carbonyl (C=O) groups excluding carboxylic acids is 1. The Morgan fingerprint density at radius 1 is 1.46 bits per heavy atom. The first-order valence-electron chi connectivity index (χ1n) is 4.05. The third-order valence-corrected chi connectivity index (χ3v) is 2.45. The Bertz CT molecular complexity index is 333. The van der Waals surface area contributed by atoms with Gasteiger partial charge in [-0.3, -0.25) is 4.79 Å². The maximum Gasteiger partial charge on any atom is 0.152 e. The van der Waals surface area contributed by atoms with Gasteiger partial charge in [0.1, 0.15) is 0 Å². The molecule has 0 fully saturated rings. The van der Waals surface area contributed by atoms with E-state index in [4.69, 9.17) is 0 Å². The highest BCUT2D eigenvalue weighted by molar-refractivity contribution is 9.10. The maximum absolute atomic E-state index is 10.7. The number of ketones is 1. The maximum atomic E-state index is 10.7. The van der Waals surface area contributed by atoms with Crippen molar-refractivity contribution in [3.05, 3.63) is 39.9 Å². The summed E-state index contributed by atoms with van der Waals surface area (Å²) in [7, 11) is 0. The number of hydrogen-bond acceptors (Lipinski definition) is 1. The molecule has 0 saturated carbocycles. The van der Waals surface area contributed by atoms with Gasteiger partial charge in [0.2, 0.25) is 0 Å². The van der Waals surface area contributed by atoms with Gasteiger partial charge in [-0.15, -0.1) is 0 Å². The van der Waals surface area contributed by atoms with Crippen molar-refractivity contribution < 1.29 is 4.79 Å². The second-order valence-corrected chi connectivity index (χ2v) is 3.77. The molecule has 0 spiro atoms. The first-order chi connectivity index (χ1) is 6.11. The van der Waals surface area contributed by atoms with Crippen LogP contribution in [0.25, 0.3) is 6.08 Å². The summed E-state index contributed by atoms with van der Waals surface area (Å²) in [6.45, 7) is 3.56.